The molecule has 318 valence electrons. The Morgan fingerprint density at radius 3 is 2.12 bits per heavy atom. The maximum Gasteiger partial charge on any atom is 0.335 e. The number of carboxylic acid groups (broad SMARTS) is 1. The van der Waals surface area contributed by atoms with E-state index in [1.807, 2.05) is 42.0 Å². The molecule has 3 aliphatic rings. The number of rotatable bonds is 14. The van der Waals surface area contributed by atoms with E-state index in [0.29, 0.717) is 37.2 Å². The topological polar surface area (TPSA) is 110 Å². The van der Waals surface area contributed by atoms with Gasteiger partial charge in [0, 0.05) is 101 Å². The third-order valence-corrected chi connectivity index (χ3v) is 13.1. The predicted octanol–water partition coefficient (Wildman–Crippen LogP) is 6.68. The minimum absolute atomic E-state index is 0.0248. The van der Waals surface area contributed by atoms with Gasteiger partial charge in [-0.1, -0.05) is 63.1 Å². The first-order chi connectivity index (χ1) is 28.9. The Bertz CT molecular complexity index is 2200. The largest absolute Gasteiger partial charge is 0.478 e. The number of aromatic carboxylic acids is 1. The molecule has 3 amide bonds. The maximum atomic E-state index is 15.5. The van der Waals surface area contributed by atoms with Crippen molar-refractivity contribution in [1.29, 1.82) is 0 Å². The van der Waals surface area contributed by atoms with Crippen molar-refractivity contribution in [2.45, 2.75) is 84.8 Å². The predicted molar refractivity (Wildman–Crippen MR) is 235 cm³/mol. The van der Waals surface area contributed by atoms with Crippen molar-refractivity contribution in [3.8, 4) is 11.3 Å². The Kier molecular flexibility index (Phi) is 13.6. The molecule has 0 unspecified atom stereocenters. The number of unbranched alkanes of at least 4 members (excludes halogenated alkanes) is 2. The summed E-state index contributed by atoms with van der Waals surface area (Å²) < 4.78 is 2.07. The first-order valence-corrected chi connectivity index (χ1v) is 22.0. The van der Waals surface area contributed by atoms with Gasteiger partial charge in [0.1, 0.15) is 0 Å². The molecule has 3 aromatic carbocycles. The number of carbonyl (C=O) groups excluding carboxylic acids is 3. The second-order valence-corrected chi connectivity index (χ2v) is 17.2. The van der Waals surface area contributed by atoms with Crippen molar-refractivity contribution in [2.75, 3.05) is 59.4 Å². The molecule has 1 aromatic heterocycles. The van der Waals surface area contributed by atoms with Gasteiger partial charge < -0.3 is 29.3 Å². The third-order valence-electron chi connectivity index (χ3n) is 13.1. The van der Waals surface area contributed by atoms with E-state index in [-0.39, 0.29) is 35.7 Å². The molecule has 0 bridgehead atoms. The number of fused-ring (bicyclic) bond motifs is 2. The van der Waals surface area contributed by atoms with Crippen LogP contribution < -0.4 is 0 Å². The second-order valence-electron chi connectivity index (χ2n) is 17.2. The number of hydrogen-bond donors (Lipinski definition) is 1. The summed E-state index contributed by atoms with van der Waals surface area (Å²) in [4.78, 5) is 65.7. The van der Waals surface area contributed by atoms with Gasteiger partial charge in [0.05, 0.1) is 17.5 Å². The molecule has 1 N–H and O–H groups in total. The van der Waals surface area contributed by atoms with E-state index in [0.717, 1.165) is 117 Å². The Morgan fingerprint density at radius 2 is 1.45 bits per heavy atom. The van der Waals surface area contributed by atoms with Gasteiger partial charge in [-0.3, -0.25) is 19.3 Å². The lowest BCUT2D eigenvalue weighted by Gasteiger charge is -2.42. The summed E-state index contributed by atoms with van der Waals surface area (Å²) in [5.74, 6) is -1.05. The minimum Gasteiger partial charge on any atom is -0.478 e. The molecule has 1 saturated heterocycles. The normalized spacial score (nSPS) is 17.0. The van der Waals surface area contributed by atoms with Crippen LogP contribution in [0.1, 0.15) is 104 Å². The van der Waals surface area contributed by atoms with Crippen molar-refractivity contribution in [3.63, 3.8) is 0 Å². The highest BCUT2D eigenvalue weighted by Gasteiger charge is 2.35. The molecule has 0 spiro atoms. The smallest absolute Gasteiger partial charge is 0.335 e. The van der Waals surface area contributed by atoms with Crippen molar-refractivity contribution in [1.82, 2.24) is 29.1 Å². The number of carbonyl (C=O) groups is 4. The number of likely N-dealkylation sites (N-methyl/N-ethyl adjacent to an activating group) is 1. The summed E-state index contributed by atoms with van der Waals surface area (Å²) in [7, 11) is 4.15. The molecule has 1 fully saturated rings. The summed E-state index contributed by atoms with van der Waals surface area (Å²) in [5.41, 5.74) is 9.21. The lowest BCUT2D eigenvalue weighted by atomic mass is 9.89. The Labute approximate surface area is 355 Å². The van der Waals surface area contributed by atoms with Crippen LogP contribution in [0.15, 0.2) is 66.7 Å². The van der Waals surface area contributed by atoms with Crippen LogP contribution in [0.2, 0.25) is 0 Å². The van der Waals surface area contributed by atoms with E-state index in [1.165, 1.54) is 17.7 Å². The van der Waals surface area contributed by atoms with E-state index in [4.69, 9.17) is 0 Å². The van der Waals surface area contributed by atoms with Gasteiger partial charge in [-0.15, -0.1) is 0 Å². The lowest BCUT2D eigenvalue weighted by molar-refractivity contribution is -0.131. The van der Waals surface area contributed by atoms with Crippen LogP contribution in [-0.2, 0) is 44.2 Å². The van der Waals surface area contributed by atoms with Gasteiger partial charge in [-0.05, 0) is 97.8 Å². The number of benzene rings is 3. The van der Waals surface area contributed by atoms with Gasteiger partial charge in [0.2, 0.25) is 5.91 Å². The zero-order valence-electron chi connectivity index (χ0n) is 36.2. The van der Waals surface area contributed by atoms with E-state index >= 15 is 4.79 Å². The number of aromatic nitrogens is 1. The molecule has 7 rings (SSSR count). The van der Waals surface area contributed by atoms with E-state index in [9.17, 15) is 19.5 Å². The molecular weight excluding hydrogens is 753 g/mol. The number of carboxylic acids is 1. The van der Waals surface area contributed by atoms with Gasteiger partial charge in [-0.25, -0.2) is 4.79 Å². The highest BCUT2D eigenvalue weighted by Crippen LogP contribution is 2.36. The Balaban J connectivity index is 1.27. The van der Waals surface area contributed by atoms with E-state index in [2.05, 4.69) is 64.4 Å². The quantitative estimate of drug-likeness (QED) is 0.151. The fourth-order valence-corrected chi connectivity index (χ4v) is 9.09. The molecule has 11 heteroatoms. The summed E-state index contributed by atoms with van der Waals surface area (Å²) in [5, 5.41) is 9.34. The van der Waals surface area contributed by atoms with Crippen molar-refractivity contribution >= 4 is 23.7 Å². The molecule has 0 radical (unpaired) electrons. The maximum absolute atomic E-state index is 15.5. The molecule has 4 heterocycles. The SMILES string of the molecule is CCCCN(CCCC)C(=O)c1cc(-c2cc3c(cc2C(=O)N2Cc4ccccc4C[C@H]2CN2CCN(C)CC2)CN(C(=O)Cc2ccc(C(=O)O)cc2)CC3)n(C)c1C. The Morgan fingerprint density at radius 1 is 0.767 bits per heavy atom. The molecule has 60 heavy (non-hydrogen) atoms. The number of piperazine rings is 1. The van der Waals surface area contributed by atoms with Gasteiger partial charge in [0.25, 0.3) is 11.8 Å². The summed E-state index contributed by atoms with van der Waals surface area (Å²) in [6, 6.07) is 21.1. The van der Waals surface area contributed by atoms with Crippen LogP contribution in [0.5, 0.6) is 0 Å². The zero-order valence-corrected chi connectivity index (χ0v) is 36.2. The Hall–Kier alpha value is -5.26. The van der Waals surface area contributed by atoms with Crippen LogP contribution >= 0.6 is 0 Å². The number of hydrogen-bond acceptors (Lipinski definition) is 6. The second kappa shape index (κ2) is 19.0. The molecule has 0 aliphatic carbocycles. The summed E-state index contributed by atoms with van der Waals surface area (Å²) in [6.45, 7) is 13.8. The molecule has 1 atom stereocenters. The summed E-state index contributed by atoms with van der Waals surface area (Å²) >= 11 is 0. The molecular formula is C49H62N6O5. The van der Waals surface area contributed by atoms with Crippen LogP contribution in [0.25, 0.3) is 11.3 Å². The average molecular weight is 815 g/mol. The minimum atomic E-state index is -1.00. The zero-order chi connectivity index (χ0) is 42.5. The summed E-state index contributed by atoms with van der Waals surface area (Å²) in [6.07, 6.45) is 5.47. The van der Waals surface area contributed by atoms with Crippen molar-refractivity contribution < 1.29 is 24.3 Å². The molecule has 3 aliphatic heterocycles. The lowest BCUT2D eigenvalue weighted by Crippen LogP contribution is -2.53. The average Bonchev–Trinajstić information content (AvgIpc) is 3.55. The number of amides is 3. The first kappa shape index (κ1) is 42.8. The van der Waals surface area contributed by atoms with Crippen LogP contribution in [0.4, 0.5) is 0 Å². The van der Waals surface area contributed by atoms with Gasteiger partial charge >= 0.3 is 5.97 Å². The van der Waals surface area contributed by atoms with E-state index < -0.39 is 5.97 Å². The fourth-order valence-electron chi connectivity index (χ4n) is 9.09. The van der Waals surface area contributed by atoms with Crippen LogP contribution in [0.3, 0.4) is 0 Å². The van der Waals surface area contributed by atoms with Crippen LogP contribution in [0, 0.1) is 6.92 Å². The van der Waals surface area contributed by atoms with Crippen molar-refractivity contribution in [2.24, 2.45) is 7.05 Å². The molecule has 0 saturated carbocycles. The van der Waals surface area contributed by atoms with Crippen LogP contribution in [-0.4, -0.2) is 123 Å². The number of nitrogens with zero attached hydrogens (tertiary/aromatic N) is 6. The van der Waals surface area contributed by atoms with Crippen molar-refractivity contribution in [3.05, 3.63) is 117 Å². The van der Waals surface area contributed by atoms with E-state index in [1.54, 1.807) is 12.1 Å². The monoisotopic (exact) mass is 814 g/mol. The van der Waals surface area contributed by atoms with Gasteiger partial charge in [-0.2, -0.15) is 0 Å². The third kappa shape index (κ3) is 9.37. The highest BCUT2D eigenvalue weighted by atomic mass is 16.4. The molecule has 11 nitrogen and oxygen atoms in total. The first-order valence-electron chi connectivity index (χ1n) is 22.0. The fraction of sp³-hybridized carbons (Fsp3) is 0.469. The standard InChI is InChI=1S/C49H62N6O5/c1-6-8-19-53(20-9-7-2)47(57)42-30-45(51(5)34(42)3)43-28-38-18-21-54(46(56)26-35-14-16-36(17-15-35)49(59)60)31-40(38)29-44(43)48(58)55-32-39-13-11-10-12-37(39)27-41(55)33-52-24-22-50(4)23-25-52/h10-17,28-30,41H,6-9,18-27,31-33H2,1-5H3,(H,59,60)/t41-/m0/s1. The van der Waals surface area contributed by atoms with Gasteiger partial charge in [0.15, 0.2) is 0 Å². The highest BCUT2D eigenvalue weighted by molar-refractivity contribution is 6.03. The molecule has 4 aromatic rings.